The molecule has 0 aromatic carbocycles. The Morgan fingerprint density at radius 3 is 2.14 bits per heavy atom. The molecule has 0 aromatic rings. The normalized spacial score (nSPS) is 8.93. The predicted molar refractivity (Wildman–Crippen MR) is 56.1 cm³/mol. The van der Waals surface area contributed by atoms with Crippen molar-refractivity contribution in [2.24, 2.45) is 5.92 Å². The van der Waals surface area contributed by atoms with Crippen LogP contribution in [-0.4, -0.2) is 23.5 Å². The topological polar surface area (TPSA) is 66.4 Å². The molecule has 0 aliphatic carbocycles. The van der Waals surface area contributed by atoms with Crippen LogP contribution in [0.5, 0.6) is 0 Å². The Morgan fingerprint density at radius 1 is 1.29 bits per heavy atom. The standard InChI is InChI=1S/C8H15NO3.C2H6/c1-6(2)8(12)9-5-3-4-7(10)11;1-2/h6H,3-5H2,1-2H3,(H,9,12)(H,10,11);1-2H3. The molecule has 0 saturated carbocycles. The third-order valence-corrected chi connectivity index (χ3v) is 1.39. The quantitative estimate of drug-likeness (QED) is 0.668. The fourth-order valence-electron chi connectivity index (χ4n) is 0.655. The number of nitrogens with one attached hydrogen (secondary N) is 1. The Balaban J connectivity index is 0. The van der Waals surface area contributed by atoms with Gasteiger partial charge in [-0.1, -0.05) is 27.7 Å². The smallest absolute Gasteiger partial charge is 0.303 e. The maximum absolute atomic E-state index is 10.9. The Kier molecular flexibility index (Phi) is 11.0. The second-order valence-electron chi connectivity index (χ2n) is 2.94. The number of carboxylic acids is 1. The molecular weight excluding hydrogens is 182 g/mol. The molecule has 0 aliphatic rings. The summed E-state index contributed by atoms with van der Waals surface area (Å²) in [4.78, 5) is 21.0. The summed E-state index contributed by atoms with van der Waals surface area (Å²) in [6, 6.07) is 0. The molecule has 4 heteroatoms. The van der Waals surface area contributed by atoms with Crippen molar-refractivity contribution < 1.29 is 14.7 Å². The molecule has 0 heterocycles. The molecule has 0 aliphatic heterocycles. The van der Waals surface area contributed by atoms with Crippen molar-refractivity contribution >= 4 is 11.9 Å². The third-order valence-electron chi connectivity index (χ3n) is 1.39. The van der Waals surface area contributed by atoms with Gasteiger partial charge in [-0.05, 0) is 6.42 Å². The van der Waals surface area contributed by atoms with E-state index in [0.29, 0.717) is 13.0 Å². The fourth-order valence-corrected chi connectivity index (χ4v) is 0.655. The van der Waals surface area contributed by atoms with Gasteiger partial charge in [0.05, 0.1) is 0 Å². The largest absolute Gasteiger partial charge is 0.481 e. The first-order valence-electron chi connectivity index (χ1n) is 5.03. The van der Waals surface area contributed by atoms with Gasteiger partial charge < -0.3 is 10.4 Å². The van der Waals surface area contributed by atoms with E-state index in [0.717, 1.165) is 0 Å². The Hall–Kier alpha value is -1.06. The maximum atomic E-state index is 10.9. The van der Waals surface area contributed by atoms with E-state index in [2.05, 4.69) is 5.32 Å². The molecule has 0 rings (SSSR count). The SMILES string of the molecule is CC.CC(C)C(=O)NCCCC(=O)O. The molecule has 84 valence electrons. The number of hydrogen-bond acceptors (Lipinski definition) is 2. The van der Waals surface area contributed by atoms with Gasteiger partial charge in [0.2, 0.25) is 5.91 Å². The minimum absolute atomic E-state index is 0.0274. The van der Waals surface area contributed by atoms with E-state index in [4.69, 9.17) is 5.11 Å². The number of hydrogen-bond donors (Lipinski definition) is 2. The first-order chi connectivity index (χ1) is 6.54. The Bertz CT molecular complexity index is 167. The van der Waals surface area contributed by atoms with Crippen LogP contribution >= 0.6 is 0 Å². The van der Waals surface area contributed by atoms with Crippen LogP contribution in [0.25, 0.3) is 0 Å². The highest BCUT2D eigenvalue weighted by molar-refractivity contribution is 5.77. The molecule has 0 spiro atoms. The van der Waals surface area contributed by atoms with Crippen molar-refractivity contribution in [2.45, 2.75) is 40.5 Å². The van der Waals surface area contributed by atoms with E-state index in [1.807, 2.05) is 13.8 Å². The summed E-state index contributed by atoms with van der Waals surface area (Å²) >= 11 is 0. The molecule has 0 aromatic heterocycles. The van der Waals surface area contributed by atoms with E-state index >= 15 is 0 Å². The number of amides is 1. The summed E-state index contributed by atoms with van der Waals surface area (Å²) < 4.78 is 0. The summed E-state index contributed by atoms with van der Waals surface area (Å²) in [7, 11) is 0. The molecule has 2 N–H and O–H groups in total. The van der Waals surface area contributed by atoms with Gasteiger partial charge >= 0.3 is 5.97 Å². The molecule has 14 heavy (non-hydrogen) atoms. The summed E-state index contributed by atoms with van der Waals surface area (Å²) in [5, 5.41) is 10.9. The molecule has 0 fully saturated rings. The fraction of sp³-hybridized carbons (Fsp3) is 0.800. The van der Waals surface area contributed by atoms with Gasteiger partial charge in [0, 0.05) is 18.9 Å². The second kappa shape index (κ2) is 10.0. The van der Waals surface area contributed by atoms with E-state index in [9.17, 15) is 9.59 Å². The lowest BCUT2D eigenvalue weighted by molar-refractivity contribution is -0.137. The molecular formula is C10H21NO3. The van der Waals surface area contributed by atoms with Crippen molar-refractivity contribution in [3.8, 4) is 0 Å². The number of carboxylic acid groups (broad SMARTS) is 1. The highest BCUT2D eigenvalue weighted by atomic mass is 16.4. The zero-order valence-corrected chi connectivity index (χ0v) is 9.46. The lowest BCUT2D eigenvalue weighted by Crippen LogP contribution is -2.28. The molecule has 0 radical (unpaired) electrons. The molecule has 0 bridgehead atoms. The van der Waals surface area contributed by atoms with Crippen LogP contribution in [0.2, 0.25) is 0 Å². The molecule has 4 nitrogen and oxygen atoms in total. The third kappa shape index (κ3) is 10.9. The van der Waals surface area contributed by atoms with Gasteiger partial charge in [0.25, 0.3) is 0 Å². The predicted octanol–water partition coefficient (Wildman–Crippen LogP) is 1.65. The van der Waals surface area contributed by atoms with E-state index in [1.54, 1.807) is 13.8 Å². The average molecular weight is 203 g/mol. The summed E-state index contributed by atoms with van der Waals surface area (Å²) in [5.74, 6) is -0.885. The highest BCUT2D eigenvalue weighted by Crippen LogP contribution is 1.91. The minimum atomic E-state index is -0.825. The van der Waals surface area contributed by atoms with E-state index < -0.39 is 5.97 Å². The second-order valence-corrected chi connectivity index (χ2v) is 2.94. The maximum Gasteiger partial charge on any atom is 0.303 e. The zero-order valence-electron chi connectivity index (χ0n) is 9.46. The van der Waals surface area contributed by atoms with Crippen molar-refractivity contribution in [3.63, 3.8) is 0 Å². The van der Waals surface area contributed by atoms with Crippen molar-refractivity contribution in [3.05, 3.63) is 0 Å². The monoisotopic (exact) mass is 203 g/mol. The van der Waals surface area contributed by atoms with Crippen LogP contribution < -0.4 is 5.32 Å². The number of aliphatic carboxylic acids is 1. The lowest BCUT2D eigenvalue weighted by Gasteiger charge is -2.05. The molecule has 0 atom stereocenters. The minimum Gasteiger partial charge on any atom is -0.481 e. The summed E-state index contributed by atoms with van der Waals surface area (Å²) in [6.07, 6.45) is 0.603. The lowest BCUT2D eigenvalue weighted by atomic mass is 10.2. The van der Waals surface area contributed by atoms with Crippen molar-refractivity contribution in [1.82, 2.24) is 5.32 Å². The van der Waals surface area contributed by atoms with Gasteiger partial charge in [-0.2, -0.15) is 0 Å². The molecule has 0 unspecified atom stereocenters. The van der Waals surface area contributed by atoms with Gasteiger partial charge in [-0.25, -0.2) is 0 Å². The Morgan fingerprint density at radius 2 is 1.79 bits per heavy atom. The summed E-state index contributed by atoms with van der Waals surface area (Å²) in [5.41, 5.74) is 0. The van der Waals surface area contributed by atoms with Crippen LogP contribution in [0.3, 0.4) is 0 Å². The number of rotatable bonds is 5. The van der Waals surface area contributed by atoms with Crippen LogP contribution in [-0.2, 0) is 9.59 Å². The first-order valence-corrected chi connectivity index (χ1v) is 5.03. The molecule has 0 saturated heterocycles. The number of carbonyl (C=O) groups excluding carboxylic acids is 1. The van der Waals surface area contributed by atoms with Gasteiger partial charge in [-0.15, -0.1) is 0 Å². The van der Waals surface area contributed by atoms with Crippen LogP contribution in [0.4, 0.5) is 0 Å². The molecule has 1 amide bonds. The average Bonchev–Trinajstić information content (AvgIpc) is 2.15. The van der Waals surface area contributed by atoms with Gasteiger partial charge in [0.1, 0.15) is 0 Å². The van der Waals surface area contributed by atoms with Crippen LogP contribution in [0.15, 0.2) is 0 Å². The highest BCUT2D eigenvalue weighted by Gasteiger charge is 2.05. The number of carbonyl (C=O) groups is 2. The van der Waals surface area contributed by atoms with Crippen molar-refractivity contribution in [2.75, 3.05) is 6.54 Å². The van der Waals surface area contributed by atoms with Gasteiger partial charge in [-0.3, -0.25) is 9.59 Å². The summed E-state index contributed by atoms with van der Waals surface area (Å²) in [6.45, 7) is 8.04. The Labute approximate surface area is 85.7 Å². The van der Waals surface area contributed by atoms with Crippen LogP contribution in [0.1, 0.15) is 40.5 Å². The van der Waals surface area contributed by atoms with Crippen molar-refractivity contribution in [1.29, 1.82) is 0 Å². The van der Waals surface area contributed by atoms with Crippen LogP contribution in [0, 0.1) is 5.92 Å². The van der Waals surface area contributed by atoms with E-state index in [-0.39, 0.29) is 18.2 Å². The first kappa shape index (κ1) is 15.4. The zero-order chi connectivity index (χ0) is 11.6. The van der Waals surface area contributed by atoms with E-state index in [1.165, 1.54) is 0 Å². The van der Waals surface area contributed by atoms with Gasteiger partial charge in [0.15, 0.2) is 0 Å².